The summed E-state index contributed by atoms with van der Waals surface area (Å²) in [5, 5.41) is 0. The molecule has 0 aromatic heterocycles. The van der Waals surface area contributed by atoms with Crippen LogP contribution >= 0.6 is 0 Å². The minimum atomic E-state index is -1.64. The van der Waals surface area contributed by atoms with Crippen LogP contribution in [0.15, 0.2) is 0 Å². The maximum Gasteiger partial charge on any atom is 0.308 e. The molecule has 0 aromatic rings. The van der Waals surface area contributed by atoms with Crippen molar-refractivity contribution in [1.29, 1.82) is 0 Å². The fraction of sp³-hybridized carbons (Fsp3) is 0.909. The second-order valence-electron chi connectivity index (χ2n) is 6.42. The van der Waals surface area contributed by atoms with Crippen molar-refractivity contribution in [3.8, 4) is 0 Å². The first-order valence-electron chi connectivity index (χ1n) is 6.08. The SMILES string of the molecule is C[Si](C)(C)OCC1OC(=O)CC1O[Si](C)(C)C. The molecular weight excluding hydrogens is 252 g/mol. The highest BCUT2D eigenvalue weighted by molar-refractivity contribution is 6.70. The molecule has 1 aliphatic rings. The highest BCUT2D eigenvalue weighted by Crippen LogP contribution is 2.23. The first-order valence-corrected chi connectivity index (χ1v) is 12.9. The highest BCUT2D eigenvalue weighted by Gasteiger charge is 2.39. The summed E-state index contributed by atoms with van der Waals surface area (Å²) in [7, 11) is -3.22. The molecule has 0 aromatic carbocycles. The van der Waals surface area contributed by atoms with Gasteiger partial charge in [-0.25, -0.2) is 0 Å². The molecule has 1 fully saturated rings. The third-order valence-corrected chi connectivity index (χ3v) is 4.29. The van der Waals surface area contributed by atoms with Crippen LogP contribution in [0.2, 0.25) is 39.3 Å². The molecule has 0 bridgehead atoms. The predicted octanol–water partition coefficient (Wildman–Crippen LogP) is 2.37. The van der Waals surface area contributed by atoms with Crippen molar-refractivity contribution in [1.82, 2.24) is 0 Å². The van der Waals surface area contributed by atoms with E-state index in [-0.39, 0.29) is 18.2 Å². The maximum atomic E-state index is 11.3. The van der Waals surface area contributed by atoms with Gasteiger partial charge in [-0.05, 0) is 39.3 Å². The Morgan fingerprint density at radius 2 is 1.76 bits per heavy atom. The van der Waals surface area contributed by atoms with Crippen LogP contribution in [0, 0.1) is 0 Å². The molecule has 0 amide bonds. The highest BCUT2D eigenvalue weighted by atomic mass is 28.4. The number of ether oxygens (including phenoxy) is 1. The average Bonchev–Trinajstić information content (AvgIpc) is 2.38. The van der Waals surface area contributed by atoms with Crippen molar-refractivity contribution in [3.63, 3.8) is 0 Å². The molecule has 2 atom stereocenters. The fourth-order valence-electron chi connectivity index (χ4n) is 1.63. The van der Waals surface area contributed by atoms with Crippen LogP contribution in [-0.2, 0) is 18.4 Å². The Morgan fingerprint density at radius 3 is 2.24 bits per heavy atom. The van der Waals surface area contributed by atoms with Gasteiger partial charge in [0.15, 0.2) is 16.6 Å². The number of carbonyl (C=O) groups is 1. The summed E-state index contributed by atoms with van der Waals surface area (Å²) in [4.78, 5) is 11.3. The lowest BCUT2D eigenvalue weighted by molar-refractivity contribution is -0.142. The molecule has 1 saturated heterocycles. The van der Waals surface area contributed by atoms with Gasteiger partial charge in [-0.1, -0.05) is 0 Å². The van der Waals surface area contributed by atoms with Gasteiger partial charge in [0.2, 0.25) is 0 Å². The summed E-state index contributed by atoms with van der Waals surface area (Å²) < 4.78 is 17.0. The van der Waals surface area contributed by atoms with Crippen molar-refractivity contribution in [2.75, 3.05) is 6.61 Å². The van der Waals surface area contributed by atoms with Crippen LogP contribution in [0.1, 0.15) is 6.42 Å². The molecule has 6 heteroatoms. The quantitative estimate of drug-likeness (QED) is 0.571. The van der Waals surface area contributed by atoms with E-state index in [1.807, 2.05) is 0 Å². The van der Waals surface area contributed by atoms with Gasteiger partial charge in [-0.2, -0.15) is 0 Å². The summed E-state index contributed by atoms with van der Waals surface area (Å²) in [6.07, 6.45) is 0.0238. The van der Waals surface area contributed by atoms with E-state index in [0.29, 0.717) is 13.0 Å². The van der Waals surface area contributed by atoms with Crippen molar-refractivity contribution in [2.24, 2.45) is 0 Å². The number of hydrogen-bond acceptors (Lipinski definition) is 4. The Labute approximate surface area is 106 Å². The molecule has 0 N–H and O–H groups in total. The first-order chi connectivity index (χ1) is 7.57. The van der Waals surface area contributed by atoms with Crippen LogP contribution in [-0.4, -0.2) is 41.4 Å². The molecule has 1 heterocycles. The van der Waals surface area contributed by atoms with Gasteiger partial charge in [-0.15, -0.1) is 0 Å². The van der Waals surface area contributed by atoms with E-state index in [1.165, 1.54) is 0 Å². The van der Waals surface area contributed by atoms with Crippen LogP contribution < -0.4 is 0 Å². The predicted molar refractivity (Wildman–Crippen MR) is 72.0 cm³/mol. The number of cyclic esters (lactones) is 1. The molecule has 1 aliphatic heterocycles. The zero-order chi connectivity index (χ0) is 13.3. The van der Waals surface area contributed by atoms with Crippen molar-refractivity contribution >= 4 is 22.6 Å². The summed E-state index contributed by atoms with van der Waals surface area (Å²) in [5.74, 6) is -0.169. The lowest BCUT2D eigenvalue weighted by Crippen LogP contribution is -2.40. The topological polar surface area (TPSA) is 44.8 Å². The Balaban J connectivity index is 2.54. The van der Waals surface area contributed by atoms with E-state index < -0.39 is 16.6 Å². The Hall–Kier alpha value is -0.176. The largest absolute Gasteiger partial charge is 0.457 e. The van der Waals surface area contributed by atoms with Gasteiger partial charge in [0.25, 0.3) is 0 Å². The average molecular weight is 276 g/mol. The molecule has 2 unspecified atom stereocenters. The third kappa shape index (κ3) is 5.80. The molecule has 1 rings (SSSR count). The van der Waals surface area contributed by atoms with Crippen LogP contribution in [0.25, 0.3) is 0 Å². The van der Waals surface area contributed by atoms with Gasteiger partial charge in [0.1, 0.15) is 6.10 Å². The van der Waals surface area contributed by atoms with Gasteiger partial charge < -0.3 is 13.6 Å². The monoisotopic (exact) mass is 276 g/mol. The number of esters is 1. The van der Waals surface area contributed by atoms with E-state index in [9.17, 15) is 4.79 Å². The molecule has 0 spiro atoms. The summed E-state index contributed by atoms with van der Waals surface area (Å²) in [6.45, 7) is 13.2. The van der Waals surface area contributed by atoms with Gasteiger partial charge in [0.05, 0.1) is 19.1 Å². The molecule has 0 radical (unpaired) electrons. The zero-order valence-corrected chi connectivity index (χ0v) is 13.7. The Kier molecular flexibility index (Phi) is 4.56. The molecular formula is C11H24O4Si2. The van der Waals surface area contributed by atoms with Crippen molar-refractivity contribution < 1.29 is 18.4 Å². The Morgan fingerprint density at radius 1 is 1.18 bits per heavy atom. The lowest BCUT2D eigenvalue weighted by Gasteiger charge is -2.27. The molecule has 0 aliphatic carbocycles. The van der Waals surface area contributed by atoms with E-state index in [0.717, 1.165) is 0 Å². The smallest absolute Gasteiger partial charge is 0.308 e. The molecule has 100 valence electrons. The molecule has 4 nitrogen and oxygen atoms in total. The number of carbonyl (C=O) groups excluding carboxylic acids is 1. The van der Waals surface area contributed by atoms with E-state index in [2.05, 4.69) is 39.3 Å². The van der Waals surface area contributed by atoms with E-state index in [4.69, 9.17) is 13.6 Å². The lowest BCUT2D eigenvalue weighted by atomic mass is 10.2. The Bertz CT molecular complexity index is 280. The molecule has 0 saturated carbocycles. The third-order valence-electron chi connectivity index (χ3n) is 2.25. The van der Waals surface area contributed by atoms with Crippen LogP contribution in [0.5, 0.6) is 0 Å². The fourth-order valence-corrected chi connectivity index (χ4v) is 3.44. The molecule has 17 heavy (non-hydrogen) atoms. The van der Waals surface area contributed by atoms with Gasteiger partial charge >= 0.3 is 5.97 Å². The second kappa shape index (κ2) is 5.21. The number of hydrogen-bond donors (Lipinski definition) is 0. The van der Waals surface area contributed by atoms with Crippen molar-refractivity contribution in [3.05, 3.63) is 0 Å². The first kappa shape index (κ1) is 14.9. The standard InChI is InChI=1S/C11H24O4Si2/c1-16(2,3)13-8-10-9(7-11(12)14-10)15-17(4,5)6/h9-10H,7-8H2,1-6H3. The van der Waals surface area contributed by atoms with E-state index in [1.54, 1.807) is 0 Å². The summed E-state index contributed by atoms with van der Waals surface area (Å²) in [5.41, 5.74) is 0. The summed E-state index contributed by atoms with van der Waals surface area (Å²) in [6, 6.07) is 0. The van der Waals surface area contributed by atoms with Gasteiger partial charge in [-0.3, -0.25) is 4.79 Å². The van der Waals surface area contributed by atoms with Crippen molar-refractivity contribution in [2.45, 2.75) is 57.9 Å². The second-order valence-corrected chi connectivity index (χ2v) is 15.4. The minimum Gasteiger partial charge on any atom is -0.457 e. The summed E-state index contributed by atoms with van der Waals surface area (Å²) >= 11 is 0. The maximum absolute atomic E-state index is 11.3. The van der Waals surface area contributed by atoms with Gasteiger partial charge in [0, 0.05) is 0 Å². The normalized spacial score (nSPS) is 26.1. The number of rotatable bonds is 5. The van der Waals surface area contributed by atoms with E-state index >= 15 is 0 Å². The minimum absolute atomic E-state index is 0.120. The zero-order valence-electron chi connectivity index (χ0n) is 11.7. The van der Waals surface area contributed by atoms with Crippen LogP contribution in [0.4, 0.5) is 0 Å². The van der Waals surface area contributed by atoms with Crippen LogP contribution in [0.3, 0.4) is 0 Å².